The Kier molecular flexibility index (Phi) is 5.62. The van der Waals surface area contributed by atoms with Crippen LogP contribution in [-0.2, 0) is 6.42 Å². The lowest BCUT2D eigenvalue weighted by Gasteiger charge is -2.30. The summed E-state index contributed by atoms with van der Waals surface area (Å²) in [6.07, 6.45) is 0.856. The van der Waals surface area contributed by atoms with Crippen LogP contribution in [0.25, 0.3) is 0 Å². The van der Waals surface area contributed by atoms with E-state index in [1.165, 1.54) is 0 Å². The molecule has 0 aromatic heterocycles. The van der Waals surface area contributed by atoms with E-state index in [0.717, 1.165) is 41.2 Å². The Labute approximate surface area is 158 Å². The van der Waals surface area contributed by atoms with Crippen molar-refractivity contribution >= 4 is 23.2 Å². The molecule has 0 bridgehead atoms. The standard InChI is InChI=1S/C19H21Cl2NO3/c1-4-25-19-13-7-8-22-17(12(13)5-6-16(19)23-2)14-9-11(20)10-15(21)18(14)24-3/h5-6,9-10,17,22H,4,7-8H2,1-3H3. The first-order valence-corrected chi connectivity index (χ1v) is 8.95. The maximum absolute atomic E-state index is 6.33. The van der Waals surface area contributed by atoms with Gasteiger partial charge in [-0.15, -0.1) is 0 Å². The second kappa shape index (κ2) is 7.73. The van der Waals surface area contributed by atoms with Crippen LogP contribution in [0.3, 0.4) is 0 Å². The zero-order chi connectivity index (χ0) is 18.0. The summed E-state index contributed by atoms with van der Waals surface area (Å²) in [5, 5.41) is 4.61. The predicted octanol–water partition coefficient (Wildman–Crippen LogP) is 4.64. The Morgan fingerprint density at radius 3 is 2.56 bits per heavy atom. The van der Waals surface area contributed by atoms with E-state index in [1.54, 1.807) is 20.3 Å². The summed E-state index contributed by atoms with van der Waals surface area (Å²) in [6.45, 7) is 3.35. The smallest absolute Gasteiger partial charge is 0.164 e. The molecule has 1 atom stereocenters. The fourth-order valence-corrected chi connectivity index (χ4v) is 3.94. The number of methoxy groups -OCH3 is 2. The SMILES string of the molecule is CCOc1c(OC)ccc2c1CCNC2c1cc(Cl)cc(Cl)c1OC. The van der Waals surface area contributed by atoms with Crippen molar-refractivity contribution in [1.82, 2.24) is 5.32 Å². The quantitative estimate of drug-likeness (QED) is 0.818. The molecule has 1 aliphatic rings. The van der Waals surface area contributed by atoms with E-state index >= 15 is 0 Å². The van der Waals surface area contributed by atoms with Crippen molar-refractivity contribution in [1.29, 1.82) is 0 Å². The zero-order valence-electron chi connectivity index (χ0n) is 14.5. The Morgan fingerprint density at radius 2 is 1.88 bits per heavy atom. The van der Waals surface area contributed by atoms with Crippen LogP contribution >= 0.6 is 23.2 Å². The monoisotopic (exact) mass is 381 g/mol. The number of hydrogen-bond donors (Lipinski definition) is 1. The molecule has 0 aliphatic carbocycles. The first-order chi connectivity index (χ1) is 12.1. The lowest BCUT2D eigenvalue weighted by atomic mass is 9.88. The van der Waals surface area contributed by atoms with Gasteiger partial charge < -0.3 is 19.5 Å². The van der Waals surface area contributed by atoms with Crippen molar-refractivity contribution < 1.29 is 14.2 Å². The number of nitrogens with one attached hydrogen (secondary N) is 1. The zero-order valence-corrected chi connectivity index (χ0v) is 16.0. The van der Waals surface area contributed by atoms with Gasteiger partial charge in [-0.1, -0.05) is 29.3 Å². The molecule has 6 heteroatoms. The van der Waals surface area contributed by atoms with Crippen LogP contribution in [0.4, 0.5) is 0 Å². The molecule has 0 amide bonds. The van der Waals surface area contributed by atoms with E-state index in [1.807, 2.05) is 19.1 Å². The summed E-state index contributed by atoms with van der Waals surface area (Å²) in [7, 11) is 3.27. The summed E-state index contributed by atoms with van der Waals surface area (Å²) in [4.78, 5) is 0. The number of ether oxygens (including phenoxy) is 3. The number of halogens is 2. The Balaban J connectivity index is 2.16. The summed E-state index contributed by atoms with van der Waals surface area (Å²) < 4.78 is 16.9. The van der Waals surface area contributed by atoms with Gasteiger partial charge in [0.05, 0.1) is 31.9 Å². The van der Waals surface area contributed by atoms with Crippen molar-refractivity contribution in [3.8, 4) is 17.2 Å². The molecule has 25 heavy (non-hydrogen) atoms. The fourth-order valence-electron chi connectivity index (χ4n) is 3.35. The number of benzene rings is 2. The maximum atomic E-state index is 6.33. The van der Waals surface area contributed by atoms with Crippen molar-refractivity contribution in [2.75, 3.05) is 27.4 Å². The molecule has 0 saturated carbocycles. The third-order valence-electron chi connectivity index (χ3n) is 4.36. The third kappa shape index (κ3) is 3.39. The lowest BCUT2D eigenvalue weighted by molar-refractivity contribution is 0.305. The molecule has 2 aromatic carbocycles. The first kappa shape index (κ1) is 18.2. The summed E-state index contributed by atoms with van der Waals surface area (Å²) in [6, 6.07) is 7.49. The molecular weight excluding hydrogens is 361 g/mol. The van der Waals surface area contributed by atoms with Crippen LogP contribution in [0.2, 0.25) is 10.0 Å². The highest BCUT2D eigenvalue weighted by atomic mass is 35.5. The maximum Gasteiger partial charge on any atom is 0.164 e. The molecule has 0 spiro atoms. The minimum absolute atomic E-state index is 0.0833. The van der Waals surface area contributed by atoms with Gasteiger partial charge in [0.2, 0.25) is 0 Å². The van der Waals surface area contributed by atoms with Crippen LogP contribution < -0.4 is 19.5 Å². The second-order valence-electron chi connectivity index (χ2n) is 5.74. The normalized spacial score (nSPS) is 16.3. The van der Waals surface area contributed by atoms with Gasteiger partial charge in [0.25, 0.3) is 0 Å². The lowest BCUT2D eigenvalue weighted by Crippen LogP contribution is -2.31. The van der Waals surface area contributed by atoms with Gasteiger partial charge >= 0.3 is 0 Å². The van der Waals surface area contributed by atoms with E-state index in [-0.39, 0.29) is 6.04 Å². The largest absolute Gasteiger partial charge is 0.495 e. The number of rotatable bonds is 5. The Morgan fingerprint density at radius 1 is 1.08 bits per heavy atom. The van der Waals surface area contributed by atoms with E-state index in [2.05, 4.69) is 11.4 Å². The van der Waals surface area contributed by atoms with Crippen molar-refractivity contribution in [3.05, 3.63) is 51.0 Å². The van der Waals surface area contributed by atoms with Gasteiger partial charge in [0.1, 0.15) is 5.75 Å². The van der Waals surface area contributed by atoms with Gasteiger partial charge in [0, 0.05) is 22.7 Å². The van der Waals surface area contributed by atoms with Crippen molar-refractivity contribution in [3.63, 3.8) is 0 Å². The van der Waals surface area contributed by atoms with Crippen LogP contribution in [0.5, 0.6) is 17.2 Å². The van der Waals surface area contributed by atoms with Crippen molar-refractivity contribution in [2.45, 2.75) is 19.4 Å². The Hall–Kier alpha value is -1.62. The van der Waals surface area contributed by atoms with Gasteiger partial charge in [-0.2, -0.15) is 0 Å². The van der Waals surface area contributed by atoms with E-state index < -0.39 is 0 Å². The molecule has 1 N–H and O–H groups in total. The molecule has 1 aliphatic heterocycles. The van der Waals surface area contributed by atoms with Gasteiger partial charge in [-0.3, -0.25) is 0 Å². The minimum Gasteiger partial charge on any atom is -0.495 e. The molecule has 1 unspecified atom stereocenters. The van der Waals surface area contributed by atoms with E-state index in [9.17, 15) is 0 Å². The van der Waals surface area contributed by atoms with Crippen LogP contribution in [0.15, 0.2) is 24.3 Å². The summed E-state index contributed by atoms with van der Waals surface area (Å²) in [5.74, 6) is 2.18. The molecule has 0 fully saturated rings. The molecule has 0 saturated heterocycles. The number of hydrogen-bond acceptors (Lipinski definition) is 4. The van der Waals surface area contributed by atoms with Gasteiger partial charge in [-0.25, -0.2) is 0 Å². The average molecular weight is 382 g/mol. The van der Waals surface area contributed by atoms with Crippen LogP contribution in [0, 0.1) is 0 Å². The molecule has 3 rings (SSSR count). The highest BCUT2D eigenvalue weighted by Gasteiger charge is 2.29. The topological polar surface area (TPSA) is 39.7 Å². The highest BCUT2D eigenvalue weighted by molar-refractivity contribution is 6.35. The summed E-state index contributed by atoms with van der Waals surface area (Å²) >= 11 is 12.6. The molecular formula is C19H21Cl2NO3. The minimum atomic E-state index is -0.0833. The summed E-state index contributed by atoms with van der Waals surface area (Å²) in [5.41, 5.74) is 3.17. The first-order valence-electron chi connectivity index (χ1n) is 8.19. The van der Waals surface area contributed by atoms with Crippen LogP contribution in [0.1, 0.15) is 29.7 Å². The molecule has 4 nitrogen and oxygen atoms in total. The second-order valence-corrected chi connectivity index (χ2v) is 6.59. The molecule has 2 aromatic rings. The molecule has 0 radical (unpaired) electrons. The van der Waals surface area contributed by atoms with Gasteiger partial charge in [0.15, 0.2) is 11.5 Å². The molecule has 134 valence electrons. The van der Waals surface area contributed by atoms with E-state index in [4.69, 9.17) is 37.4 Å². The number of fused-ring (bicyclic) bond motifs is 1. The predicted molar refractivity (Wildman–Crippen MR) is 101 cm³/mol. The van der Waals surface area contributed by atoms with Crippen molar-refractivity contribution in [2.24, 2.45) is 0 Å². The van der Waals surface area contributed by atoms with Crippen LogP contribution in [-0.4, -0.2) is 27.4 Å². The fraction of sp³-hybridized carbons (Fsp3) is 0.368. The third-order valence-corrected chi connectivity index (χ3v) is 4.85. The average Bonchev–Trinajstić information content (AvgIpc) is 2.61. The van der Waals surface area contributed by atoms with E-state index in [0.29, 0.717) is 22.4 Å². The van der Waals surface area contributed by atoms with Gasteiger partial charge in [-0.05, 0) is 37.1 Å². The Bertz CT molecular complexity index is 780. The molecule has 1 heterocycles. The highest BCUT2D eigenvalue weighted by Crippen LogP contribution is 2.44.